The first-order valence-corrected chi connectivity index (χ1v) is 8.80. The fraction of sp³-hybridized carbons (Fsp3) is 0.0909. The second-order valence-corrected chi connectivity index (χ2v) is 5.96. The lowest BCUT2D eigenvalue weighted by molar-refractivity contribution is 0.0600. The molecule has 1 heterocycles. The van der Waals surface area contributed by atoms with E-state index < -0.39 is 0 Å². The number of pyridine rings is 1. The van der Waals surface area contributed by atoms with Gasteiger partial charge < -0.3 is 9.47 Å². The van der Waals surface area contributed by atoms with Gasteiger partial charge in [0.2, 0.25) is 0 Å². The van der Waals surface area contributed by atoms with Crippen molar-refractivity contribution < 1.29 is 19.1 Å². The second-order valence-electron chi connectivity index (χ2n) is 5.96. The van der Waals surface area contributed by atoms with Gasteiger partial charge in [-0.1, -0.05) is 24.3 Å². The molecule has 0 saturated carbocycles. The van der Waals surface area contributed by atoms with Crippen molar-refractivity contribution in [1.29, 1.82) is 0 Å². The summed E-state index contributed by atoms with van der Waals surface area (Å²) < 4.78 is 10.5. The normalized spacial score (nSPS) is 10.5. The lowest BCUT2D eigenvalue weighted by Crippen LogP contribution is -2.17. The fourth-order valence-corrected chi connectivity index (χ4v) is 2.46. The summed E-state index contributed by atoms with van der Waals surface area (Å²) in [4.78, 5) is 27.4. The van der Waals surface area contributed by atoms with Crippen LogP contribution < -0.4 is 10.2 Å². The Kier molecular flexibility index (Phi) is 6.67. The molecular weight excluding hydrogens is 370 g/mol. The molecule has 0 radical (unpaired) electrons. The third kappa shape index (κ3) is 5.49. The molecular formula is C22H19N3O4. The van der Waals surface area contributed by atoms with Crippen molar-refractivity contribution in [2.45, 2.75) is 6.61 Å². The van der Waals surface area contributed by atoms with Crippen LogP contribution >= 0.6 is 0 Å². The zero-order chi connectivity index (χ0) is 20.5. The van der Waals surface area contributed by atoms with E-state index in [1.807, 2.05) is 24.3 Å². The van der Waals surface area contributed by atoms with Crippen molar-refractivity contribution in [3.63, 3.8) is 0 Å². The molecule has 0 spiro atoms. The van der Waals surface area contributed by atoms with Crippen LogP contribution in [0.2, 0.25) is 0 Å². The first-order chi connectivity index (χ1) is 14.2. The molecule has 0 bridgehead atoms. The quantitative estimate of drug-likeness (QED) is 0.381. The first-order valence-electron chi connectivity index (χ1n) is 8.80. The Balaban J connectivity index is 1.61. The van der Waals surface area contributed by atoms with E-state index in [1.54, 1.807) is 42.6 Å². The Hall–Kier alpha value is -4.00. The Morgan fingerprint density at radius 3 is 2.55 bits per heavy atom. The Bertz CT molecular complexity index is 1000. The zero-order valence-electron chi connectivity index (χ0n) is 15.7. The third-order valence-electron chi connectivity index (χ3n) is 3.98. The highest BCUT2D eigenvalue weighted by Crippen LogP contribution is 2.18. The number of para-hydroxylation sites is 1. The maximum atomic E-state index is 12.0. The van der Waals surface area contributed by atoms with Crippen LogP contribution in [0, 0.1) is 0 Å². The van der Waals surface area contributed by atoms with Crippen LogP contribution in [0.3, 0.4) is 0 Å². The molecule has 0 saturated heterocycles. The molecule has 1 aromatic heterocycles. The number of hydrazone groups is 1. The number of nitrogens with one attached hydrogen (secondary N) is 1. The molecule has 1 amide bonds. The number of rotatable bonds is 7. The van der Waals surface area contributed by atoms with Gasteiger partial charge in [-0.15, -0.1) is 0 Å². The minimum absolute atomic E-state index is 0.314. The predicted octanol–water partition coefficient (Wildman–Crippen LogP) is 3.21. The van der Waals surface area contributed by atoms with E-state index in [4.69, 9.17) is 4.74 Å². The number of aromatic nitrogens is 1. The van der Waals surface area contributed by atoms with Gasteiger partial charge in [-0.05, 0) is 42.0 Å². The standard InChI is InChI=1S/C22H19N3O4/c1-28-22(27)17-10-8-16(9-11-17)15-29-20-7-3-2-5-18(20)14-24-25-21(26)19-6-4-12-23-13-19/h2-14H,15H2,1H3,(H,25,26)/b24-14+. The molecule has 146 valence electrons. The van der Waals surface area contributed by atoms with Gasteiger partial charge in [0, 0.05) is 18.0 Å². The van der Waals surface area contributed by atoms with Crippen LogP contribution in [-0.2, 0) is 11.3 Å². The molecule has 0 fully saturated rings. The number of ether oxygens (including phenoxy) is 2. The molecule has 0 aliphatic heterocycles. The Morgan fingerprint density at radius 1 is 1.03 bits per heavy atom. The molecule has 0 atom stereocenters. The van der Waals surface area contributed by atoms with Gasteiger partial charge in [0.05, 0.1) is 24.5 Å². The molecule has 3 aromatic rings. The van der Waals surface area contributed by atoms with E-state index in [2.05, 4.69) is 20.2 Å². The largest absolute Gasteiger partial charge is 0.488 e. The van der Waals surface area contributed by atoms with Crippen LogP contribution in [0.15, 0.2) is 78.2 Å². The van der Waals surface area contributed by atoms with Crippen molar-refractivity contribution in [1.82, 2.24) is 10.4 Å². The SMILES string of the molecule is COC(=O)c1ccc(COc2ccccc2/C=N/NC(=O)c2cccnc2)cc1. The van der Waals surface area contributed by atoms with E-state index in [0.717, 1.165) is 5.56 Å². The number of hydrogen-bond acceptors (Lipinski definition) is 6. The van der Waals surface area contributed by atoms with Gasteiger partial charge in [-0.2, -0.15) is 5.10 Å². The van der Waals surface area contributed by atoms with E-state index in [0.29, 0.717) is 29.0 Å². The van der Waals surface area contributed by atoms with Gasteiger partial charge in [-0.25, -0.2) is 10.2 Å². The van der Waals surface area contributed by atoms with Crippen LogP contribution in [0.4, 0.5) is 0 Å². The van der Waals surface area contributed by atoms with Gasteiger partial charge in [0.1, 0.15) is 12.4 Å². The highest BCUT2D eigenvalue weighted by molar-refractivity contribution is 5.94. The number of amides is 1. The van der Waals surface area contributed by atoms with Crippen molar-refractivity contribution in [3.05, 3.63) is 95.3 Å². The van der Waals surface area contributed by atoms with Crippen LogP contribution in [0.5, 0.6) is 5.75 Å². The fourth-order valence-electron chi connectivity index (χ4n) is 2.46. The molecule has 29 heavy (non-hydrogen) atoms. The third-order valence-corrected chi connectivity index (χ3v) is 3.98. The molecule has 3 rings (SSSR count). The van der Waals surface area contributed by atoms with Crippen LogP contribution in [0.25, 0.3) is 0 Å². The highest BCUT2D eigenvalue weighted by Gasteiger charge is 2.06. The summed E-state index contributed by atoms with van der Waals surface area (Å²) in [5.74, 6) is -0.116. The summed E-state index contributed by atoms with van der Waals surface area (Å²) in [6.45, 7) is 0.314. The lowest BCUT2D eigenvalue weighted by atomic mass is 10.1. The summed E-state index contributed by atoms with van der Waals surface area (Å²) >= 11 is 0. The Labute approximate surface area is 168 Å². The monoisotopic (exact) mass is 389 g/mol. The van der Waals surface area contributed by atoms with Crippen molar-refractivity contribution >= 4 is 18.1 Å². The minimum atomic E-state index is -0.382. The van der Waals surface area contributed by atoms with E-state index in [1.165, 1.54) is 19.5 Å². The van der Waals surface area contributed by atoms with E-state index >= 15 is 0 Å². The number of benzene rings is 2. The summed E-state index contributed by atoms with van der Waals surface area (Å²) in [5, 5.41) is 3.99. The smallest absolute Gasteiger partial charge is 0.337 e. The highest BCUT2D eigenvalue weighted by atomic mass is 16.5. The molecule has 0 unspecified atom stereocenters. The summed E-state index contributed by atoms with van der Waals surface area (Å²) in [6.07, 6.45) is 4.58. The van der Waals surface area contributed by atoms with Crippen molar-refractivity contribution in [2.75, 3.05) is 7.11 Å². The van der Waals surface area contributed by atoms with Gasteiger partial charge >= 0.3 is 5.97 Å². The number of nitrogens with zero attached hydrogens (tertiary/aromatic N) is 2. The van der Waals surface area contributed by atoms with Crippen LogP contribution in [0.1, 0.15) is 31.8 Å². The van der Waals surface area contributed by atoms with Gasteiger partial charge in [-0.3, -0.25) is 9.78 Å². The summed E-state index contributed by atoms with van der Waals surface area (Å²) in [7, 11) is 1.34. The van der Waals surface area contributed by atoms with Crippen molar-refractivity contribution in [3.8, 4) is 5.75 Å². The predicted molar refractivity (Wildman–Crippen MR) is 108 cm³/mol. The number of methoxy groups -OCH3 is 1. The minimum Gasteiger partial charge on any atom is -0.488 e. The van der Waals surface area contributed by atoms with E-state index in [-0.39, 0.29) is 11.9 Å². The molecule has 0 aliphatic rings. The average molecular weight is 389 g/mol. The maximum Gasteiger partial charge on any atom is 0.337 e. The molecule has 7 nitrogen and oxygen atoms in total. The number of esters is 1. The molecule has 1 N–H and O–H groups in total. The van der Waals surface area contributed by atoms with Crippen LogP contribution in [-0.4, -0.2) is 30.2 Å². The topological polar surface area (TPSA) is 89.9 Å². The Morgan fingerprint density at radius 2 is 1.83 bits per heavy atom. The number of carbonyl (C=O) groups is 2. The van der Waals surface area contributed by atoms with Gasteiger partial charge in [0.15, 0.2) is 0 Å². The molecule has 0 aliphatic carbocycles. The van der Waals surface area contributed by atoms with Crippen molar-refractivity contribution in [2.24, 2.45) is 5.10 Å². The summed E-state index contributed by atoms with van der Waals surface area (Å²) in [5.41, 5.74) is 4.97. The van der Waals surface area contributed by atoms with E-state index in [9.17, 15) is 9.59 Å². The zero-order valence-corrected chi connectivity index (χ0v) is 15.7. The van der Waals surface area contributed by atoms with Gasteiger partial charge in [0.25, 0.3) is 5.91 Å². The molecule has 7 heteroatoms. The average Bonchev–Trinajstić information content (AvgIpc) is 2.78. The first kappa shape index (κ1) is 19.8. The summed E-state index contributed by atoms with van der Waals surface area (Å²) in [6, 6.07) is 17.7. The molecule has 2 aromatic carbocycles. The second kappa shape index (κ2) is 9.80. The number of carbonyl (C=O) groups excluding carboxylic acids is 2. The maximum absolute atomic E-state index is 12.0. The number of hydrogen-bond donors (Lipinski definition) is 1. The lowest BCUT2D eigenvalue weighted by Gasteiger charge is -2.09.